The van der Waals surface area contributed by atoms with E-state index in [1.165, 1.54) is 24.1 Å². The third-order valence-electron chi connectivity index (χ3n) is 4.34. The normalized spacial score (nSPS) is 19.7. The minimum absolute atomic E-state index is 0.0898. The van der Waals surface area contributed by atoms with Crippen molar-refractivity contribution < 1.29 is 29.0 Å². The van der Waals surface area contributed by atoms with E-state index < -0.39 is 17.3 Å². The molecule has 2 rings (SSSR count). The van der Waals surface area contributed by atoms with Gasteiger partial charge in [-0.3, -0.25) is 14.4 Å². The second-order valence-corrected chi connectivity index (χ2v) is 6.85. The summed E-state index contributed by atoms with van der Waals surface area (Å²) in [6.45, 7) is 1.82. The van der Waals surface area contributed by atoms with Gasteiger partial charge in [0.15, 0.2) is 18.1 Å². The van der Waals surface area contributed by atoms with E-state index >= 15 is 0 Å². The fraction of sp³-hybridized carbons (Fsp3) is 0.471. The molecule has 1 aromatic carbocycles. The number of primary amides is 1. The lowest BCUT2D eigenvalue weighted by atomic mass is 9.82. The Bertz CT molecular complexity index is 738. The van der Waals surface area contributed by atoms with Crippen molar-refractivity contribution in [2.75, 3.05) is 26.8 Å². The topological polar surface area (TPSA) is 119 Å². The van der Waals surface area contributed by atoms with Gasteiger partial charge >= 0.3 is 5.97 Å². The third kappa shape index (κ3) is 4.19. The number of aliphatic carboxylic acids is 1. The Kier molecular flexibility index (Phi) is 5.97. The van der Waals surface area contributed by atoms with Gasteiger partial charge in [0.1, 0.15) is 0 Å². The third-order valence-corrected chi connectivity index (χ3v) is 4.62. The molecule has 8 nitrogen and oxygen atoms in total. The predicted octanol–water partition coefficient (Wildman–Crippen LogP) is 1.54. The van der Waals surface area contributed by atoms with Crippen molar-refractivity contribution in [3.05, 3.63) is 22.7 Å². The number of carbonyl (C=O) groups is 3. The number of benzene rings is 1. The van der Waals surface area contributed by atoms with Crippen LogP contribution >= 0.6 is 11.6 Å². The lowest BCUT2D eigenvalue weighted by Gasteiger charge is -2.37. The number of ether oxygens (including phenoxy) is 2. The van der Waals surface area contributed by atoms with Crippen molar-refractivity contribution in [2.45, 2.75) is 19.8 Å². The zero-order valence-corrected chi connectivity index (χ0v) is 15.3. The van der Waals surface area contributed by atoms with Crippen LogP contribution in [0.5, 0.6) is 11.5 Å². The van der Waals surface area contributed by atoms with Gasteiger partial charge in [0.25, 0.3) is 11.8 Å². The Balaban J connectivity index is 2.27. The maximum absolute atomic E-state index is 12.8. The Labute approximate surface area is 155 Å². The van der Waals surface area contributed by atoms with E-state index in [0.717, 1.165) is 0 Å². The van der Waals surface area contributed by atoms with Gasteiger partial charge in [-0.15, -0.1) is 0 Å². The molecule has 9 heteroatoms. The molecule has 1 fully saturated rings. The minimum Gasteiger partial charge on any atom is -0.493 e. The molecule has 0 saturated carbocycles. The van der Waals surface area contributed by atoms with Crippen molar-refractivity contribution in [3.8, 4) is 11.5 Å². The first-order valence-corrected chi connectivity index (χ1v) is 8.37. The smallest absolute Gasteiger partial charge is 0.311 e. The average molecular weight is 385 g/mol. The summed E-state index contributed by atoms with van der Waals surface area (Å²) >= 11 is 6.16. The average Bonchev–Trinajstić information content (AvgIpc) is 2.59. The van der Waals surface area contributed by atoms with Crippen LogP contribution in [0.25, 0.3) is 0 Å². The summed E-state index contributed by atoms with van der Waals surface area (Å²) in [6, 6.07) is 2.84. The van der Waals surface area contributed by atoms with Crippen LogP contribution < -0.4 is 15.2 Å². The van der Waals surface area contributed by atoms with Crippen LogP contribution in [0.4, 0.5) is 0 Å². The Hall–Kier alpha value is -2.48. The number of carboxylic acid groups (broad SMARTS) is 1. The highest BCUT2D eigenvalue weighted by Gasteiger charge is 2.39. The van der Waals surface area contributed by atoms with Gasteiger partial charge < -0.3 is 25.2 Å². The Morgan fingerprint density at radius 2 is 2.08 bits per heavy atom. The molecular weight excluding hydrogens is 364 g/mol. The summed E-state index contributed by atoms with van der Waals surface area (Å²) in [4.78, 5) is 36.7. The quantitative estimate of drug-likeness (QED) is 0.767. The van der Waals surface area contributed by atoms with Crippen LogP contribution in [0.3, 0.4) is 0 Å². The molecule has 26 heavy (non-hydrogen) atoms. The van der Waals surface area contributed by atoms with Gasteiger partial charge in [-0.25, -0.2) is 0 Å². The van der Waals surface area contributed by atoms with E-state index in [-0.39, 0.29) is 41.1 Å². The van der Waals surface area contributed by atoms with Crippen molar-refractivity contribution in [3.63, 3.8) is 0 Å². The summed E-state index contributed by atoms with van der Waals surface area (Å²) in [7, 11) is 1.37. The van der Waals surface area contributed by atoms with E-state index in [1.54, 1.807) is 6.92 Å². The number of piperidine rings is 1. The maximum Gasteiger partial charge on any atom is 0.311 e. The zero-order chi connectivity index (χ0) is 19.5. The van der Waals surface area contributed by atoms with E-state index in [4.69, 9.17) is 26.8 Å². The summed E-state index contributed by atoms with van der Waals surface area (Å²) in [5.41, 5.74) is 4.31. The lowest BCUT2D eigenvalue weighted by Crippen LogP contribution is -2.48. The van der Waals surface area contributed by atoms with Crippen LogP contribution in [-0.4, -0.2) is 54.6 Å². The van der Waals surface area contributed by atoms with Gasteiger partial charge in [-0.2, -0.15) is 0 Å². The van der Waals surface area contributed by atoms with Gasteiger partial charge in [0, 0.05) is 18.7 Å². The van der Waals surface area contributed by atoms with E-state index in [0.29, 0.717) is 19.4 Å². The Morgan fingerprint density at radius 1 is 1.38 bits per heavy atom. The first-order chi connectivity index (χ1) is 12.2. The standard InChI is InChI=1S/C17H21ClN2O6/c1-17(16(23)24)4-3-5-20(9-17)15(22)10-6-11(18)14(12(7-10)25-2)26-8-13(19)21/h6-7H,3-5,8-9H2,1-2H3,(H2,19,21)(H,23,24). The fourth-order valence-corrected chi connectivity index (χ4v) is 3.16. The molecule has 2 amide bonds. The zero-order valence-electron chi connectivity index (χ0n) is 14.6. The van der Waals surface area contributed by atoms with E-state index in [9.17, 15) is 19.5 Å². The molecule has 1 atom stereocenters. The molecule has 1 aliphatic heterocycles. The molecule has 142 valence electrons. The van der Waals surface area contributed by atoms with Gasteiger partial charge in [0.05, 0.1) is 17.5 Å². The molecule has 1 heterocycles. The highest BCUT2D eigenvalue weighted by atomic mass is 35.5. The number of nitrogens with two attached hydrogens (primary N) is 1. The maximum atomic E-state index is 12.8. The molecule has 1 saturated heterocycles. The summed E-state index contributed by atoms with van der Waals surface area (Å²) in [6.07, 6.45) is 1.11. The van der Waals surface area contributed by atoms with Crippen LogP contribution in [-0.2, 0) is 9.59 Å². The second-order valence-electron chi connectivity index (χ2n) is 6.44. The highest BCUT2D eigenvalue weighted by Crippen LogP contribution is 2.37. The number of halogens is 1. The van der Waals surface area contributed by atoms with Gasteiger partial charge in [-0.1, -0.05) is 11.6 Å². The number of hydrogen-bond donors (Lipinski definition) is 2. The van der Waals surface area contributed by atoms with Crippen LogP contribution in [0, 0.1) is 5.41 Å². The van der Waals surface area contributed by atoms with Crippen LogP contribution in [0.15, 0.2) is 12.1 Å². The largest absolute Gasteiger partial charge is 0.493 e. The molecule has 0 radical (unpaired) electrons. The second kappa shape index (κ2) is 7.82. The van der Waals surface area contributed by atoms with E-state index in [2.05, 4.69) is 0 Å². The van der Waals surface area contributed by atoms with E-state index in [1.807, 2.05) is 0 Å². The highest BCUT2D eigenvalue weighted by molar-refractivity contribution is 6.32. The number of amides is 2. The monoisotopic (exact) mass is 384 g/mol. The number of likely N-dealkylation sites (tertiary alicyclic amines) is 1. The van der Waals surface area contributed by atoms with Crippen molar-refractivity contribution >= 4 is 29.4 Å². The number of carboxylic acids is 1. The number of rotatable bonds is 6. The molecular formula is C17H21ClN2O6. The Morgan fingerprint density at radius 3 is 2.65 bits per heavy atom. The number of nitrogens with zero attached hydrogens (tertiary/aromatic N) is 1. The van der Waals surface area contributed by atoms with Crippen molar-refractivity contribution in [1.29, 1.82) is 0 Å². The molecule has 1 aromatic rings. The fourth-order valence-electron chi connectivity index (χ4n) is 2.90. The van der Waals surface area contributed by atoms with Gasteiger partial charge in [0.2, 0.25) is 0 Å². The van der Waals surface area contributed by atoms with Gasteiger partial charge in [-0.05, 0) is 31.9 Å². The summed E-state index contributed by atoms with van der Waals surface area (Å²) in [5, 5.41) is 9.49. The number of carbonyl (C=O) groups excluding carboxylic acids is 2. The first-order valence-electron chi connectivity index (χ1n) is 7.99. The number of methoxy groups -OCH3 is 1. The lowest BCUT2D eigenvalue weighted by molar-refractivity contribution is -0.150. The molecule has 0 spiro atoms. The molecule has 1 aliphatic rings. The molecule has 3 N–H and O–H groups in total. The number of hydrogen-bond acceptors (Lipinski definition) is 5. The van der Waals surface area contributed by atoms with Crippen LogP contribution in [0.2, 0.25) is 5.02 Å². The SMILES string of the molecule is COc1cc(C(=O)N2CCCC(C)(C(=O)O)C2)cc(Cl)c1OCC(N)=O. The molecule has 0 bridgehead atoms. The van der Waals surface area contributed by atoms with Crippen LogP contribution in [0.1, 0.15) is 30.1 Å². The molecule has 0 aromatic heterocycles. The summed E-state index contributed by atoms with van der Waals surface area (Å²) in [5.74, 6) is -1.66. The predicted molar refractivity (Wildman–Crippen MR) is 93.6 cm³/mol. The van der Waals surface area contributed by atoms with Crippen molar-refractivity contribution in [2.24, 2.45) is 11.1 Å². The molecule has 1 unspecified atom stereocenters. The first kappa shape index (κ1) is 19.8. The van der Waals surface area contributed by atoms with Crippen molar-refractivity contribution in [1.82, 2.24) is 4.90 Å². The minimum atomic E-state index is -0.980. The molecule has 0 aliphatic carbocycles. The summed E-state index contributed by atoms with van der Waals surface area (Å²) < 4.78 is 10.4.